The zero-order valence-corrected chi connectivity index (χ0v) is 15.6. The lowest BCUT2D eigenvalue weighted by molar-refractivity contribution is 0.182. The second kappa shape index (κ2) is 7.26. The lowest BCUT2D eigenvalue weighted by atomic mass is 10.1. The van der Waals surface area contributed by atoms with Gasteiger partial charge in [0.25, 0.3) is 0 Å². The molecule has 2 aromatic heterocycles. The molecule has 2 amide bonds. The van der Waals surface area contributed by atoms with Gasteiger partial charge in [0.1, 0.15) is 0 Å². The smallest absolute Gasteiger partial charge is 0.318 e. The summed E-state index contributed by atoms with van der Waals surface area (Å²) in [5.74, 6) is 0.757. The van der Waals surface area contributed by atoms with Crippen molar-refractivity contribution in [3.8, 4) is 5.69 Å². The summed E-state index contributed by atoms with van der Waals surface area (Å²) in [7, 11) is 0. The van der Waals surface area contributed by atoms with E-state index in [0.29, 0.717) is 6.54 Å². The van der Waals surface area contributed by atoms with Gasteiger partial charge in [-0.05, 0) is 38.3 Å². The van der Waals surface area contributed by atoms with E-state index in [1.54, 1.807) is 6.20 Å². The van der Waals surface area contributed by atoms with Crippen LogP contribution in [0.2, 0.25) is 0 Å². The van der Waals surface area contributed by atoms with Gasteiger partial charge in [0.2, 0.25) is 0 Å². The van der Waals surface area contributed by atoms with Gasteiger partial charge in [-0.25, -0.2) is 9.48 Å². The van der Waals surface area contributed by atoms with Crippen molar-refractivity contribution in [1.82, 2.24) is 25.2 Å². The summed E-state index contributed by atoms with van der Waals surface area (Å²) in [5, 5.41) is 11.4. The van der Waals surface area contributed by atoms with Gasteiger partial charge in [-0.2, -0.15) is 5.10 Å². The average Bonchev–Trinajstić information content (AvgIpc) is 3.40. The second-order valence-corrected chi connectivity index (χ2v) is 6.96. The average molecular weight is 365 g/mol. The van der Waals surface area contributed by atoms with Crippen molar-refractivity contribution in [2.24, 2.45) is 0 Å². The molecule has 1 saturated heterocycles. The number of nitrogens with one attached hydrogen (secondary N) is 1. The minimum Gasteiger partial charge on any atom is -0.359 e. The van der Waals surface area contributed by atoms with Crippen molar-refractivity contribution >= 4 is 6.03 Å². The molecule has 7 heteroatoms. The Morgan fingerprint density at radius 1 is 1.33 bits per heavy atom. The number of urea groups is 1. The molecule has 1 fully saturated rings. The van der Waals surface area contributed by atoms with Crippen LogP contribution in [-0.2, 0) is 6.54 Å². The maximum Gasteiger partial charge on any atom is 0.318 e. The van der Waals surface area contributed by atoms with Crippen LogP contribution in [-0.4, -0.2) is 32.4 Å². The number of benzene rings is 1. The number of rotatable bonds is 4. The zero-order chi connectivity index (χ0) is 18.8. The molecule has 0 saturated carbocycles. The second-order valence-electron chi connectivity index (χ2n) is 6.96. The topological polar surface area (TPSA) is 76.2 Å². The Balaban J connectivity index is 1.40. The van der Waals surface area contributed by atoms with Crippen LogP contribution in [0.1, 0.15) is 41.5 Å². The van der Waals surface area contributed by atoms with E-state index in [0.717, 1.165) is 47.7 Å². The fourth-order valence-electron chi connectivity index (χ4n) is 3.53. The molecule has 1 aliphatic heterocycles. The molecular formula is C20H23N5O2. The maximum absolute atomic E-state index is 12.7. The number of hydrogen-bond donors (Lipinski definition) is 1. The van der Waals surface area contributed by atoms with Gasteiger partial charge in [-0.1, -0.05) is 23.4 Å². The molecule has 0 radical (unpaired) electrons. The third kappa shape index (κ3) is 3.58. The summed E-state index contributed by atoms with van der Waals surface area (Å²) in [5.41, 5.74) is 3.98. The highest BCUT2D eigenvalue weighted by atomic mass is 16.5. The van der Waals surface area contributed by atoms with Crippen molar-refractivity contribution in [1.29, 1.82) is 0 Å². The molecule has 0 aliphatic carbocycles. The molecule has 1 aliphatic rings. The van der Waals surface area contributed by atoms with E-state index >= 15 is 0 Å². The first-order valence-electron chi connectivity index (χ1n) is 9.19. The molecule has 0 bridgehead atoms. The Hall–Kier alpha value is -3.09. The lowest BCUT2D eigenvalue weighted by Crippen LogP contribution is -2.39. The van der Waals surface area contributed by atoms with Crippen molar-refractivity contribution < 1.29 is 9.32 Å². The summed E-state index contributed by atoms with van der Waals surface area (Å²) in [6.07, 6.45) is 5.59. The van der Waals surface area contributed by atoms with Crippen LogP contribution in [0.15, 0.2) is 47.2 Å². The molecule has 3 aromatic rings. The fraction of sp³-hybridized carbons (Fsp3) is 0.350. The van der Waals surface area contributed by atoms with E-state index < -0.39 is 0 Å². The van der Waals surface area contributed by atoms with Gasteiger partial charge in [0, 0.05) is 30.9 Å². The van der Waals surface area contributed by atoms with Crippen molar-refractivity contribution in [3.05, 3.63) is 65.3 Å². The van der Waals surface area contributed by atoms with Crippen LogP contribution in [0, 0.1) is 13.8 Å². The Bertz CT molecular complexity index is 945. The van der Waals surface area contributed by atoms with E-state index in [2.05, 4.69) is 28.6 Å². The molecule has 1 N–H and O–H groups in total. The monoisotopic (exact) mass is 365 g/mol. The highest BCUT2D eigenvalue weighted by Crippen LogP contribution is 2.32. The number of aromatic nitrogens is 3. The standard InChI is InChI=1S/C20H23N5O2/c1-14-6-3-4-7-17(14)25-13-16(12-22-25)11-21-20(26)24-9-5-8-18(24)19-10-15(2)23-27-19/h3-4,6-7,10,12-13,18H,5,8-9,11H2,1-2H3,(H,21,26)/t18-/m1/s1. The molecule has 27 heavy (non-hydrogen) atoms. The highest BCUT2D eigenvalue weighted by Gasteiger charge is 2.32. The number of aryl methyl sites for hydroxylation is 2. The van der Waals surface area contributed by atoms with Crippen molar-refractivity contribution in [2.45, 2.75) is 39.3 Å². The third-order valence-corrected chi connectivity index (χ3v) is 4.93. The molecule has 1 atom stereocenters. The Kier molecular flexibility index (Phi) is 4.66. The number of likely N-dealkylation sites (tertiary alicyclic amines) is 1. The van der Waals surface area contributed by atoms with E-state index in [1.807, 2.05) is 47.0 Å². The molecular weight excluding hydrogens is 342 g/mol. The lowest BCUT2D eigenvalue weighted by Gasteiger charge is -2.22. The third-order valence-electron chi connectivity index (χ3n) is 4.93. The van der Waals surface area contributed by atoms with Gasteiger partial charge in [-0.3, -0.25) is 0 Å². The van der Waals surface area contributed by atoms with Crippen LogP contribution in [0.4, 0.5) is 4.79 Å². The van der Waals surface area contributed by atoms with E-state index in [1.165, 1.54) is 0 Å². The Labute approximate surface area is 158 Å². The van der Waals surface area contributed by atoms with Crippen molar-refractivity contribution in [2.75, 3.05) is 6.54 Å². The predicted octanol–water partition coefficient (Wildman–Crippen LogP) is 3.52. The summed E-state index contributed by atoms with van der Waals surface area (Å²) >= 11 is 0. The minimum absolute atomic E-state index is 0.0408. The molecule has 0 unspecified atom stereocenters. The van der Waals surface area contributed by atoms with Gasteiger partial charge in [-0.15, -0.1) is 0 Å². The van der Waals surface area contributed by atoms with Crippen LogP contribution in [0.25, 0.3) is 5.69 Å². The van der Waals surface area contributed by atoms with Crippen LogP contribution in [0.5, 0.6) is 0 Å². The molecule has 0 spiro atoms. The van der Waals surface area contributed by atoms with Gasteiger partial charge < -0.3 is 14.7 Å². The van der Waals surface area contributed by atoms with Gasteiger partial charge in [0.05, 0.1) is 23.6 Å². The number of para-hydroxylation sites is 1. The molecule has 1 aromatic carbocycles. The van der Waals surface area contributed by atoms with E-state index in [9.17, 15) is 4.79 Å². The quantitative estimate of drug-likeness (QED) is 0.767. The highest BCUT2D eigenvalue weighted by molar-refractivity contribution is 5.75. The van der Waals surface area contributed by atoms with Crippen LogP contribution >= 0.6 is 0 Å². The van der Waals surface area contributed by atoms with Crippen LogP contribution < -0.4 is 5.32 Å². The molecule has 140 valence electrons. The Morgan fingerprint density at radius 2 is 2.19 bits per heavy atom. The largest absolute Gasteiger partial charge is 0.359 e. The van der Waals surface area contributed by atoms with E-state index in [-0.39, 0.29) is 12.1 Å². The number of carbonyl (C=O) groups is 1. The summed E-state index contributed by atoms with van der Waals surface area (Å²) in [6, 6.07) is 9.85. The number of nitrogens with zero attached hydrogens (tertiary/aromatic N) is 4. The van der Waals surface area contributed by atoms with E-state index in [4.69, 9.17) is 4.52 Å². The minimum atomic E-state index is -0.0878. The Morgan fingerprint density at radius 3 is 2.96 bits per heavy atom. The molecule has 4 rings (SSSR count). The summed E-state index contributed by atoms with van der Waals surface area (Å²) < 4.78 is 7.21. The van der Waals surface area contributed by atoms with Crippen molar-refractivity contribution in [3.63, 3.8) is 0 Å². The SMILES string of the molecule is Cc1cc([C@H]2CCCN2C(=O)NCc2cnn(-c3ccccc3C)c2)on1. The number of amides is 2. The van der Waals surface area contributed by atoms with Gasteiger partial charge >= 0.3 is 6.03 Å². The maximum atomic E-state index is 12.7. The first-order chi connectivity index (χ1) is 13.1. The number of carbonyl (C=O) groups excluding carboxylic acids is 1. The summed E-state index contributed by atoms with van der Waals surface area (Å²) in [4.78, 5) is 14.5. The fourth-order valence-corrected chi connectivity index (χ4v) is 3.53. The first-order valence-corrected chi connectivity index (χ1v) is 9.19. The summed E-state index contributed by atoms with van der Waals surface area (Å²) in [6.45, 7) is 5.09. The zero-order valence-electron chi connectivity index (χ0n) is 15.6. The van der Waals surface area contributed by atoms with Gasteiger partial charge in [0.15, 0.2) is 5.76 Å². The molecule has 7 nitrogen and oxygen atoms in total. The molecule has 3 heterocycles. The first kappa shape index (κ1) is 17.3. The van der Waals surface area contributed by atoms with Crippen LogP contribution in [0.3, 0.4) is 0 Å². The predicted molar refractivity (Wildman–Crippen MR) is 100 cm³/mol. The normalized spacial score (nSPS) is 16.7. The number of hydrogen-bond acceptors (Lipinski definition) is 4.